The summed E-state index contributed by atoms with van der Waals surface area (Å²) in [5, 5.41) is 26.7. The Kier molecular flexibility index (Phi) is 30.0. The van der Waals surface area contributed by atoms with E-state index in [1.165, 1.54) is 34.8 Å². The molecule has 33 nitrogen and oxygen atoms in total. The number of benzene rings is 3. The molecule has 3 aliphatic heterocycles. The molecule has 602 valence electrons. The number of rotatable bonds is 16. The zero-order chi connectivity index (χ0) is 82.7. The van der Waals surface area contributed by atoms with Crippen LogP contribution in [-0.2, 0) is 89.9 Å². The molecule has 11 aromatic rings. The first-order valence-corrected chi connectivity index (χ1v) is 38.0. The Bertz CT molecular complexity index is 5630. The summed E-state index contributed by atoms with van der Waals surface area (Å²) in [5.74, 6) is -3.65. The number of carbonyl (C=O) groups excluding carboxylic acids is 11. The van der Waals surface area contributed by atoms with Gasteiger partial charge in [-0.3, -0.25) is 76.7 Å². The summed E-state index contributed by atoms with van der Waals surface area (Å²) in [4.78, 5) is 186. The van der Waals surface area contributed by atoms with E-state index in [4.69, 9.17) is 10.5 Å². The molecule has 0 radical (unpaired) electrons. The second-order valence-electron chi connectivity index (χ2n) is 27.2. The summed E-state index contributed by atoms with van der Waals surface area (Å²) in [6, 6.07) is 23.4. The van der Waals surface area contributed by atoms with Crippen molar-refractivity contribution in [2.75, 3.05) is 11.1 Å². The number of carboxylic acids is 1. The van der Waals surface area contributed by atoms with Crippen molar-refractivity contribution in [1.29, 1.82) is 0 Å². The SMILES string of the molecule is C.CC(=O)c1nn(CC(=O)N2C(=O)CC[C@H]2C(=O)Nc2cccc(Br)n2)c2ccc(-c3cnc(C)nc3)cc12.CC(=O)c1nn(CC(=O)N2C(=O)CC[C@H]2C(=O)O)c2ccc(-c3cnc(C)nc3)cc12.CC(=O)c1nn(CC(=O)N2C(=O)CC[C@H]2C(=O)OC(C)(C)C)c2ccc(-c3cnc(C)nc3)cc12.Nc1cccc(Br)n1.S.S=S. The van der Waals surface area contributed by atoms with Crippen molar-refractivity contribution in [2.45, 2.75) is 152 Å². The molecule has 3 fully saturated rings. The number of pyridine rings is 2. The van der Waals surface area contributed by atoms with Gasteiger partial charge < -0.3 is 20.9 Å². The van der Waals surface area contributed by atoms with Crippen LogP contribution < -0.4 is 11.1 Å². The van der Waals surface area contributed by atoms with Gasteiger partial charge in [0.2, 0.25) is 23.6 Å². The van der Waals surface area contributed by atoms with Gasteiger partial charge in [-0.25, -0.2) is 49.5 Å². The molecule has 0 spiro atoms. The van der Waals surface area contributed by atoms with Crippen LogP contribution in [0.15, 0.2) is 137 Å². The molecule has 3 aromatic carbocycles. The van der Waals surface area contributed by atoms with Crippen LogP contribution in [0.4, 0.5) is 11.6 Å². The number of ether oxygens (including phenoxy) is 1. The van der Waals surface area contributed by atoms with Gasteiger partial charge in [0.15, 0.2) is 17.3 Å². The number of esters is 1. The molecule has 0 unspecified atom stereocenters. The lowest BCUT2D eigenvalue weighted by Crippen LogP contribution is -2.46. The average Bonchev–Trinajstić information content (AvgIpc) is 1.61. The van der Waals surface area contributed by atoms with Gasteiger partial charge in [0.1, 0.15) is 98.8 Å². The Hall–Kier alpha value is -12.0. The van der Waals surface area contributed by atoms with Crippen molar-refractivity contribution in [3.63, 3.8) is 0 Å². The van der Waals surface area contributed by atoms with Crippen molar-refractivity contribution >= 4 is 183 Å². The third-order valence-electron chi connectivity index (χ3n) is 17.9. The number of ketones is 3. The van der Waals surface area contributed by atoms with Crippen LogP contribution in [0.1, 0.15) is 136 Å². The molecule has 4 N–H and O–H groups in total. The fourth-order valence-corrected chi connectivity index (χ4v) is 13.3. The Morgan fingerprint density at radius 2 is 0.828 bits per heavy atom. The zero-order valence-corrected chi connectivity index (χ0v) is 69.0. The number of hydrogen-bond donors (Lipinski definition) is 3. The van der Waals surface area contributed by atoms with Crippen LogP contribution in [-0.4, -0.2) is 183 Å². The summed E-state index contributed by atoms with van der Waals surface area (Å²) in [5.41, 5.74) is 11.5. The maximum Gasteiger partial charge on any atom is 0.329 e. The van der Waals surface area contributed by atoms with Gasteiger partial charge in [-0.1, -0.05) is 37.8 Å². The van der Waals surface area contributed by atoms with E-state index in [0.29, 0.717) is 66.4 Å². The highest BCUT2D eigenvalue weighted by Gasteiger charge is 2.44. The van der Waals surface area contributed by atoms with Crippen molar-refractivity contribution < 1.29 is 67.4 Å². The van der Waals surface area contributed by atoms with Crippen molar-refractivity contribution in [3.05, 3.63) is 172 Å². The predicted molar refractivity (Wildman–Crippen MR) is 443 cm³/mol. The Labute approximate surface area is 697 Å². The number of nitrogens with two attached hydrogens (primary N) is 1. The second-order valence-corrected chi connectivity index (χ2v) is 28.8. The topological polar surface area (TPSA) is 439 Å². The minimum atomic E-state index is -1.22. The number of likely N-dealkylation sites (tertiary alicyclic amines) is 3. The molecular formula is C78H79Br2N19O14S3. The molecule has 7 amide bonds. The minimum Gasteiger partial charge on any atom is -0.480 e. The van der Waals surface area contributed by atoms with Crippen LogP contribution in [0.5, 0.6) is 0 Å². The first kappa shape index (κ1) is 89.5. The molecule has 0 bridgehead atoms. The first-order chi connectivity index (χ1) is 54.2. The van der Waals surface area contributed by atoms with Crippen molar-refractivity contribution in [1.82, 2.24) is 83.9 Å². The van der Waals surface area contributed by atoms with E-state index in [0.717, 1.165) is 52.7 Å². The highest BCUT2D eigenvalue weighted by atomic mass is 79.9. The summed E-state index contributed by atoms with van der Waals surface area (Å²) in [6.45, 7) is 13.7. The normalized spacial score (nSPS) is 14.8. The molecular weight excluding hydrogens is 1680 g/mol. The van der Waals surface area contributed by atoms with Crippen LogP contribution in [0.3, 0.4) is 0 Å². The van der Waals surface area contributed by atoms with Crippen molar-refractivity contribution in [3.8, 4) is 33.4 Å². The summed E-state index contributed by atoms with van der Waals surface area (Å²) >= 11 is 13.8. The number of carbonyl (C=O) groups is 12. The fraction of sp³-hybridized carbons (Fsp3) is 0.295. The molecule has 3 saturated heterocycles. The Balaban J connectivity index is 0.000000204. The van der Waals surface area contributed by atoms with E-state index >= 15 is 0 Å². The lowest BCUT2D eigenvalue weighted by atomic mass is 10.0. The molecule has 3 atom stereocenters. The molecule has 3 aliphatic rings. The number of halogens is 2. The van der Waals surface area contributed by atoms with Crippen LogP contribution in [0.2, 0.25) is 0 Å². The Morgan fingerprint density at radius 1 is 0.500 bits per heavy atom. The number of aliphatic carboxylic acids is 1. The quantitative estimate of drug-likeness (QED) is 0.0460. The summed E-state index contributed by atoms with van der Waals surface area (Å²) < 4.78 is 10.8. The largest absolute Gasteiger partial charge is 0.480 e. The minimum absolute atomic E-state index is 0. The molecule has 38 heteroatoms. The molecule has 14 rings (SSSR count). The number of aromatic nitrogens is 14. The number of Topliss-reactive ketones (excluding diaryl/α,β-unsaturated/α-hetero) is 3. The molecule has 11 heterocycles. The van der Waals surface area contributed by atoms with E-state index < -0.39 is 77.0 Å². The molecule has 116 heavy (non-hydrogen) atoms. The third kappa shape index (κ3) is 21.3. The molecule has 8 aromatic heterocycles. The van der Waals surface area contributed by atoms with Gasteiger partial charge in [0, 0.05) is 132 Å². The number of anilines is 2. The maximum atomic E-state index is 13.3. The number of amides is 7. The number of nitrogens with zero attached hydrogens (tertiary/aromatic N) is 17. The molecule has 0 saturated carbocycles. The summed E-state index contributed by atoms with van der Waals surface area (Å²) in [7, 11) is 0. The number of aryl methyl sites for hydroxylation is 3. The van der Waals surface area contributed by atoms with Gasteiger partial charge >= 0.3 is 11.9 Å². The monoisotopic (exact) mass is 1760 g/mol. The fourth-order valence-electron chi connectivity index (χ4n) is 12.6. The second kappa shape index (κ2) is 38.9. The van der Waals surface area contributed by atoms with Gasteiger partial charge in [-0.15, -0.1) is 0 Å². The number of nitrogen functional groups attached to an aromatic ring is 1. The zero-order valence-electron chi connectivity index (χ0n) is 63.2. The first-order valence-electron chi connectivity index (χ1n) is 35.1. The highest BCUT2D eigenvalue weighted by Crippen LogP contribution is 2.33. The third-order valence-corrected chi connectivity index (χ3v) is 18.7. The lowest BCUT2D eigenvalue weighted by Gasteiger charge is -2.26. The number of imide groups is 3. The number of nitrogens with one attached hydrogen (secondary N) is 1. The van der Waals surface area contributed by atoms with E-state index in [1.807, 2.05) is 24.3 Å². The lowest BCUT2D eigenvalue weighted by molar-refractivity contribution is -0.165. The van der Waals surface area contributed by atoms with Crippen LogP contribution >= 0.6 is 45.4 Å². The van der Waals surface area contributed by atoms with E-state index in [1.54, 1.807) is 145 Å². The molecule has 0 aliphatic carbocycles. The average molecular weight is 1760 g/mol. The van der Waals surface area contributed by atoms with E-state index in [-0.39, 0.29) is 114 Å². The van der Waals surface area contributed by atoms with E-state index in [9.17, 15) is 62.6 Å². The smallest absolute Gasteiger partial charge is 0.329 e. The van der Waals surface area contributed by atoms with Gasteiger partial charge in [-0.05, 0) is 170 Å². The van der Waals surface area contributed by atoms with E-state index in [2.05, 4.69) is 115 Å². The summed E-state index contributed by atoms with van der Waals surface area (Å²) in [6.07, 6.45) is 10.8. The highest BCUT2D eigenvalue weighted by molar-refractivity contribution is 9.10. The van der Waals surface area contributed by atoms with Gasteiger partial charge in [-0.2, -0.15) is 28.8 Å². The van der Waals surface area contributed by atoms with Crippen LogP contribution in [0.25, 0.3) is 66.1 Å². The Morgan fingerprint density at radius 3 is 1.15 bits per heavy atom. The standard InChI is InChI=1S/C26H22BrN7O4.C25H27N5O5.C21H19N5O5.C5H5BrN2.CH4.S2.H2S/c1-14(35)25-18-10-16(17-11-28-15(2)29-12-17)6-7-19(18)33(32-25)13-24(37)34-20(8-9-23(34)36)26(38)31-22-5-3-4-21(27)30-22;1-14(31)23-18-10-16(17-11-26-15(2)27-12-17)6-7-19(18)29(28-23)13-22(33)30-20(8-9-21(30)32)24(34)35-25(3,4)5;1-11(27)20-15-7-13(14-8-22-12(2)23-9-14)3-4-16(15)25(24-20)10-19(29)26-17(21(30)31)5-6-18(26)28;6-4-2-1-3-5(7)8-4;;1-2;/h3-7,10-12,20H,8-9,13H2,1-2H3,(H,30,31,38);6-7,10-12,20H,8-9,13H2,1-5H3;3-4,7-9,17H,5-6,10H2,1-2H3,(H,30,31);1-3H,(H2,7,8);1H4;;1H2/t2*20-;17-;;;;/m000..../s1. The van der Waals surface area contributed by atoms with Crippen molar-refractivity contribution in [2.24, 2.45) is 0 Å². The van der Waals surface area contributed by atoms with Gasteiger partial charge in [0.05, 0.1) is 16.6 Å². The predicted octanol–water partition coefficient (Wildman–Crippen LogP) is 9.96. The van der Waals surface area contributed by atoms with Gasteiger partial charge in [0.25, 0.3) is 17.7 Å². The maximum absolute atomic E-state index is 13.3. The number of fused-ring (bicyclic) bond motifs is 3. The van der Waals surface area contributed by atoms with Crippen LogP contribution in [0, 0.1) is 20.8 Å². The number of hydrogen-bond acceptors (Lipinski definition) is 27. The number of carboxylic acid groups (broad SMARTS) is 1.